The second kappa shape index (κ2) is 5.96. The van der Waals surface area contributed by atoms with Crippen LogP contribution in [0.2, 0.25) is 0 Å². The molecule has 0 spiro atoms. The van der Waals surface area contributed by atoms with E-state index in [-0.39, 0.29) is 12.4 Å². The maximum Gasteiger partial charge on any atom is 0.278 e. The zero-order valence-electron chi connectivity index (χ0n) is 13.4. The molecule has 0 unspecified atom stereocenters. The van der Waals surface area contributed by atoms with Crippen LogP contribution in [0.25, 0.3) is 0 Å². The Morgan fingerprint density at radius 2 is 2.08 bits per heavy atom. The van der Waals surface area contributed by atoms with Gasteiger partial charge >= 0.3 is 0 Å². The first-order valence-corrected chi connectivity index (χ1v) is 7.52. The van der Waals surface area contributed by atoms with E-state index in [9.17, 15) is 14.0 Å². The Morgan fingerprint density at radius 1 is 1.29 bits per heavy atom. The molecule has 6 heteroatoms. The van der Waals surface area contributed by atoms with Gasteiger partial charge in [0.25, 0.3) is 17.4 Å². The zero-order valence-corrected chi connectivity index (χ0v) is 13.4. The van der Waals surface area contributed by atoms with Gasteiger partial charge in [-0.2, -0.15) is 0 Å². The van der Waals surface area contributed by atoms with Gasteiger partial charge in [0.1, 0.15) is 11.6 Å². The molecule has 5 nitrogen and oxygen atoms in total. The van der Waals surface area contributed by atoms with Crippen molar-refractivity contribution in [1.29, 1.82) is 0 Å². The van der Waals surface area contributed by atoms with Gasteiger partial charge < -0.3 is 15.4 Å². The van der Waals surface area contributed by atoms with Crippen LogP contribution in [-0.4, -0.2) is 17.4 Å². The van der Waals surface area contributed by atoms with Crippen molar-refractivity contribution in [1.82, 2.24) is 5.32 Å². The topological polar surface area (TPSA) is 67.4 Å². The minimum absolute atomic E-state index is 0.101. The maximum atomic E-state index is 13.2. The number of carbonyl (C=O) groups excluding carboxylic acids is 2. The molecule has 0 bridgehead atoms. The summed E-state index contributed by atoms with van der Waals surface area (Å²) in [6, 6.07) is 11.2. The van der Waals surface area contributed by atoms with Crippen molar-refractivity contribution in [2.24, 2.45) is 0 Å². The highest BCUT2D eigenvalue weighted by Gasteiger charge is 2.47. The molecule has 2 N–H and O–H groups in total. The molecule has 1 heterocycles. The van der Waals surface area contributed by atoms with Crippen LogP contribution in [0, 0.1) is 12.7 Å². The van der Waals surface area contributed by atoms with Crippen molar-refractivity contribution >= 4 is 17.5 Å². The number of fused-ring (bicyclic) bond motifs is 1. The number of carbonyl (C=O) groups is 2. The first kappa shape index (κ1) is 16.0. The normalized spacial score (nSPS) is 19.0. The van der Waals surface area contributed by atoms with Gasteiger partial charge in [0.05, 0.1) is 5.69 Å². The van der Waals surface area contributed by atoms with Crippen molar-refractivity contribution in [3.63, 3.8) is 0 Å². The summed E-state index contributed by atoms with van der Waals surface area (Å²) in [5.74, 6) is -1.08. The van der Waals surface area contributed by atoms with Gasteiger partial charge in [-0.3, -0.25) is 9.59 Å². The largest absolute Gasteiger partial charge is 0.466 e. The number of anilines is 1. The summed E-state index contributed by atoms with van der Waals surface area (Å²) in [7, 11) is 0. The fourth-order valence-electron chi connectivity index (χ4n) is 2.49. The third-order valence-corrected chi connectivity index (χ3v) is 3.91. The second-order valence-electron chi connectivity index (χ2n) is 5.90. The van der Waals surface area contributed by atoms with Crippen molar-refractivity contribution in [2.75, 3.05) is 5.32 Å². The second-order valence-corrected chi connectivity index (χ2v) is 5.90. The number of benzene rings is 2. The summed E-state index contributed by atoms with van der Waals surface area (Å²) in [5, 5.41) is 5.31. The summed E-state index contributed by atoms with van der Waals surface area (Å²) >= 11 is 0. The minimum atomic E-state index is -1.68. The van der Waals surface area contributed by atoms with Gasteiger partial charge in [-0.1, -0.05) is 18.2 Å². The molecular weight excluding hydrogens is 311 g/mol. The molecule has 2 aromatic rings. The summed E-state index contributed by atoms with van der Waals surface area (Å²) in [6.45, 7) is 3.40. The zero-order chi connectivity index (χ0) is 17.3. The van der Waals surface area contributed by atoms with E-state index in [1.165, 1.54) is 19.1 Å². The number of hydrogen-bond donors (Lipinski definition) is 2. The molecule has 124 valence electrons. The molecule has 0 saturated heterocycles. The average Bonchev–Trinajstić information content (AvgIpc) is 2.54. The van der Waals surface area contributed by atoms with Crippen LogP contribution < -0.4 is 15.4 Å². The monoisotopic (exact) mass is 328 g/mol. The van der Waals surface area contributed by atoms with Crippen LogP contribution in [0.15, 0.2) is 42.5 Å². The molecule has 3 rings (SSSR count). The predicted molar refractivity (Wildman–Crippen MR) is 87.1 cm³/mol. The van der Waals surface area contributed by atoms with E-state index >= 15 is 0 Å². The van der Waals surface area contributed by atoms with Crippen LogP contribution in [0.4, 0.5) is 10.1 Å². The minimum Gasteiger partial charge on any atom is -0.466 e. The third kappa shape index (κ3) is 2.95. The van der Waals surface area contributed by atoms with Crippen molar-refractivity contribution < 1.29 is 18.7 Å². The first-order valence-electron chi connectivity index (χ1n) is 7.52. The molecule has 2 aromatic carbocycles. The molecule has 0 fully saturated rings. The molecule has 0 radical (unpaired) electrons. The Labute approximate surface area is 138 Å². The summed E-state index contributed by atoms with van der Waals surface area (Å²) in [5.41, 5.74) is 0.418. The number of rotatable bonds is 3. The molecule has 0 aliphatic carbocycles. The summed E-state index contributed by atoms with van der Waals surface area (Å²) in [4.78, 5) is 24.8. The van der Waals surface area contributed by atoms with Gasteiger partial charge in [0.15, 0.2) is 0 Å². The lowest BCUT2D eigenvalue weighted by Crippen LogP contribution is -2.58. The van der Waals surface area contributed by atoms with Gasteiger partial charge in [0.2, 0.25) is 0 Å². The first-order chi connectivity index (χ1) is 11.4. The Morgan fingerprint density at radius 3 is 2.83 bits per heavy atom. The van der Waals surface area contributed by atoms with Gasteiger partial charge in [-0.15, -0.1) is 0 Å². The quantitative estimate of drug-likeness (QED) is 0.851. The van der Waals surface area contributed by atoms with Gasteiger partial charge in [-0.25, -0.2) is 4.39 Å². The molecule has 1 atom stereocenters. The smallest absolute Gasteiger partial charge is 0.278 e. The molecular formula is C18H17FN2O3. The lowest BCUT2D eigenvalue weighted by Gasteiger charge is -2.33. The molecule has 0 saturated carbocycles. The van der Waals surface area contributed by atoms with Crippen LogP contribution in [-0.2, 0) is 16.1 Å². The van der Waals surface area contributed by atoms with Gasteiger partial charge in [-0.05, 0) is 49.2 Å². The fraction of sp³-hybridized carbons (Fsp3) is 0.222. The summed E-state index contributed by atoms with van der Waals surface area (Å²) < 4.78 is 18.8. The number of amides is 2. The van der Waals surface area contributed by atoms with Crippen LogP contribution in [0.1, 0.15) is 18.1 Å². The number of aryl methyl sites for hydroxylation is 1. The SMILES string of the molecule is Cc1ccc2c(c1)NC(=O)[C@@](C)(C(=O)NCc1cccc(F)c1)O2. The number of halogens is 1. The highest BCUT2D eigenvalue weighted by molar-refractivity contribution is 6.15. The van der Waals surface area contributed by atoms with Crippen molar-refractivity contribution in [3.8, 4) is 5.75 Å². The third-order valence-electron chi connectivity index (χ3n) is 3.91. The average molecular weight is 328 g/mol. The predicted octanol–water partition coefficient (Wildman–Crippen LogP) is 2.54. The van der Waals surface area contributed by atoms with E-state index in [4.69, 9.17) is 4.74 Å². The van der Waals surface area contributed by atoms with E-state index in [1.54, 1.807) is 24.3 Å². The van der Waals surface area contributed by atoms with E-state index < -0.39 is 17.4 Å². The summed E-state index contributed by atoms with van der Waals surface area (Å²) in [6.07, 6.45) is 0. The number of nitrogens with one attached hydrogen (secondary N) is 2. The standard InChI is InChI=1S/C18H17FN2O3/c1-11-6-7-15-14(8-11)21-17(23)18(2,24-15)16(22)20-10-12-4-3-5-13(19)9-12/h3-9H,10H2,1-2H3,(H,20,22)(H,21,23)/t18-/m1/s1. The van der Waals surface area contributed by atoms with E-state index in [2.05, 4.69) is 10.6 Å². The van der Waals surface area contributed by atoms with E-state index in [0.29, 0.717) is 17.0 Å². The lowest BCUT2D eigenvalue weighted by molar-refractivity contribution is -0.146. The molecule has 2 amide bonds. The van der Waals surface area contributed by atoms with E-state index in [1.807, 2.05) is 13.0 Å². The molecule has 24 heavy (non-hydrogen) atoms. The van der Waals surface area contributed by atoms with Crippen LogP contribution in [0.5, 0.6) is 5.75 Å². The number of ether oxygens (including phenoxy) is 1. The van der Waals surface area contributed by atoms with Crippen LogP contribution >= 0.6 is 0 Å². The Bertz CT molecular complexity index is 822. The van der Waals surface area contributed by atoms with Crippen molar-refractivity contribution in [3.05, 3.63) is 59.4 Å². The molecule has 1 aliphatic rings. The number of hydrogen-bond acceptors (Lipinski definition) is 3. The molecule has 1 aliphatic heterocycles. The van der Waals surface area contributed by atoms with E-state index in [0.717, 1.165) is 5.56 Å². The molecule has 0 aromatic heterocycles. The Hall–Kier alpha value is -2.89. The highest BCUT2D eigenvalue weighted by Crippen LogP contribution is 2.34. The maximum absolute atomic E-state index is 13.2. The van der Waals surface area contributed by atoms with Crippen molar-refractivity contribution in [2.45, 2.75) is 26.0 Å². The highest BCUT2D eigenvalue weighted by atomic mass is 19.1. The van der Waals surface area contributed by atoms with Gasteiger partial charge in [0, 0.05) is 6.54 Å². The van der Waals surface area contributed by atoms with Crippen LogP contribution in [0.3, 0.4) is 0 Å². The fourth-order valence-corrected chi connectivity index (χ4v) is 2.49. The Balaban J connectivity index is 1.76. The lowest BCUT2D eigenvalue weighted by atomic mass is 10.0. The Kier molecular flexibility index (Phi) is 3.97.